The zero-order valence-corrected chi connectivity index (χ0v) is 23.6. The normalized spacial score (nSPS) is 11.9. The second-order valence-electron chi connectivity index (χ2n) is 10.2. The van der Waals surface area contributed by atoms with E-state index in [1.165, 1.54) is 12.8 Å². The minimum absolute atomic E-state index is 0.595. The summed E-state index contributed by atoms with van der Waals surface area (Å²) in [5.74, 6) is 3.83. The van der Waals surface area contributed by atoms with E-state index in [1.807, 2.05) is 38.1 Å². The maximum atomic E-state index is 6.04. The molecule has 38 heavy (non-hydrogen) atoms. The molecule has 0 spiro atoms. The van der Waals surface area contributed by atoms with E-state index in [4.69, 9.17) is 9.72 Å². The molecule has 0 aliphatic rings. The number of ether oxygens (including phenoxy) is 1. The average Bonchev–Trinajstić information content (AvgIpc) is 2.90. The zero-order chi connectivity index (χ0) is 27.1. The fourth-order valence-corrected chi connectivity index (χ4v) is 4.45. The van der Waals surface area contributed by atoms with Gasteiger partial charge in [0.05, 0.1) is 11.7 Å². The molecule has 4 aromatic rings. The highest BCUT2D eigenvalue weighted by Gasteiger charge is 2.17. The van der Waals surface area contributed by atoms with E-state index in [0.717, 1.165) is 71.0 Å². The summed E-state index contributed by atoms with van der Waals surface area (Å²) in [7, 11) is 0. The van der Waals surface area contributed by atoms with E-state index in [2.05, 4.69) is 65.0 Å². The lowest BCUT2D eigenvalue weighted by molar-refractivity contribution is 0.476. The van der Waals surface area contributed by atoms with Crippen LogP contribution in [0.5, 0.6) is 11.5 Å². The molecule has 4 rings (SSSR count). The van der Waals surface area contributed by atoms with Crippen LogP contribution in [0.25, 0.3) is 11.0 Å². The van der Waals surface area contributed by atoms with Crippen molar-refractivity contribution in [1.29, 1.82) is 0 Å². The van der Waals surface area contributed by atoms with Crippen LogP contribution in [-0.4, -0.2) is 33.0 Å². The van der Waals surface area contributed by atoms with Gasteiger partial charge in [-0.25, -0.2) is 15.0 Å². The number of aryl methyl sites for hydroxylation is 3. The van der Waals surface area contributed by atoms with Crippen molar-refractivity contribution in [1.82, 2.24) is 19.9 Å². The van der Waals surface area contributed by atoms with E-state index >= 15 is 0 Å². The molecule has 0 aliphatic carbocycles. The van der Waals surface area contributed by atoms with Crippen molar-refractivity contribution < 1.29 is 4.74 Å². The fourth-order valence-electron chi connectivity index (χ4n) is 4.45. The van der Waals surface area contributed by atoms with E-state index < -0.39 is 0 Å². The molecule has 1 aromatic carbocycles. The molecule has 0 saturated heterocycles. The van der Waals surface area contributed by atoms with Gasteiger partial charge in [-0.1, -0.05) is 40.0 Å². The molecule has 0 aliphatic heterocycles. The first-order valence-corrected chi connectivity index (χ1v) is 13.7. The van der Waals surface area contributed by atoms with Gasteiger partial charge in [0, 0.05) is 24.5 Å². The minimum atomic E-state index is 0.595. The van der Waals surface area contributed by atoms with E-state index in [0.29, 0.717) is 17.5 Å². The number of hydrogen-bond acceptors (Lipinski definition) is 7. The molecule has 0 radical (unpaired) electrons. The molecule has 1 unspecified atom stereocenters. The third-order valence-corrected chi connectivity index (χ3v) is 6.88. The van der Waals surface area contributed by atoms with Gasteiger partial charge in [-0.15, -0.1) is 0 Å². The van der Waals surface area contributed by atoms with Crippen LogP contribution in [0.2, 0.25) is 0 Å². The number of benzene rings is 1. The molecular formula is C31H40N6O. The number of hydrogen-bond donors (Lipinski definition) is 1. The largest absolute Gasteiger partial charge is 0.455 e. The van der Waals surface area contributed by atoms with Gasteiger partial charge in [0.15, 0.2) is 5.82 Å². The van der Waals surface area contributed by atoms with Crippen molar-refractivity contribution in [2.24, 2.45) is 5.92 Å². The standard InChI is InChI=1S/C31H40N6O/c1-7-9-10-15-37(19-21(3)8-2)31-23(5)17-27-29(36-31)30(34-20-33-27)35-25-12-14-28(22(4)16-25)38-26-13-11-24(6)32-18-26/h11-14,16-18,20-21H,7-10,15,19H2,1-6H3,(H,33,34,35). The summed E-state index contributed by atoms with van der Waals surface area (Å²) in [6.45, 7) is 14.9. The van der Waals surface area contributed by atoms with Crippen molar-refractivity contribution >= 4 is 28.4 Å². The van der Waals surface area contributed by atoms with Crippen LogP contribution in [0.1, 0.15) is 63.3 Å². The Hall–Kier alpha value is -3.74. The fraction of sp³-hybridized carbons (Fsp3) is 0.419. The summed E-state index contributed by atoms with van der Waals surface area (Å²) in [4.78, 5) is 21.0. The van der Waals surface area contributed by atoms with Crippen molar-refractivity contribution in [3.05, 3.63) is 65.7 Å². The number of rotatable bonds is 12. The molecule has 0 bridgehead atoms. The summed E-state index contributed by atoms with van der Waals surface area (Å²) in [6, 6.07) is 12.0. The number of fused-ring (bicyclic) bond motifs is 1. The molecule has 7 nitrogen and oxygen atoms in total. The van der Waals surface area contributed by atoms with Gasteiger partial charge in [0.2, 0.25) is 0 Å². The number of nitrogens with zero attached hydrogens (tertiary/aromatic N) is 5. The van der Waals surface area contributed by atoms with Crippen molar-refractivity contribution in [2.45, 2.75) is 67.2 Å². The van der Waals surface area contributed by atoms with E-state index in [-0.39, 0.29) is 0 Å². The smallest absolute Gasteiger partial charge is 0.160 e. The highest BCUT2D eigenvalue weighted by atomic mass is 16.5. The van der Waals surface area contributed by atoms with Crippen LogP contribution in [0.15, 0.2) is 48.9 Å². The summed E-state index contributed by atoms with van der Waals surface area (Å²) in [6.07, 6.45) is 8.07. The number of pyridine rings is 2. The van der Waals surface area contributed by atoms with Gasteiger partial charge in [-0.3, -0.25) is 4.98 Å². The molecule has 1 N–H and O–H groups in total. The topological polar surface area (TPSA) is 76.1 Å². The third kappa shape index (κ3) is 6.77. The number of anilines is 3. The Bertz CT molecular complexity index is 1350. The molecule has 3 heterocycles. The number of unbranched alkanes of at least 4 members (excludes halogenated alkanes) is 2. The third-order valence-electron chi connectivity index (χ3n) is 6.88. The van der Waals surface area contributed by atoms with E-state index in [1.54, 1.807) is 12.5 Å². The molecular weight excluding hydrogens is 472 g/mol. The quantitative estimate of drug-likeness (QED) is 0.193. The van der Waals surface area contributed by atoms with Crippen LogP contribution < -0.4 is 15.0 Å². The first-order chi connectivity index (χ1) is 18.4. The Labute approximate surface area is 226 Å². The number of aromatic nitrogens is 4. The monoisotopic (exact) mass is 512 g/mol. The van der Waals surface area contributed by atoms with Gasteiger partial charge in [0.25, 0.3) is 0 Å². The Kier molecular flexibility index (Phi) is 9.10. The molecule has 0 fully saturated rings. The van der Waals surface area contributed by atoms with Gasteiger partial charge < -0.3 is 15.0 Å². The van der Waals surface area contributed by atoms with Crippen LogP contribution in [0.4, 0.5) is 17.3 Å². The number of nitrogens with one attached hydrogen (secondary N) is 1. The van der Waals surface area contributed by atoms with Crippen LogP contribution >= 0.6 is 0 Å². The SMILES string of the molecule is CCCCCN(CC(C)CC)c1nc2c(Nc3ccc(Oc4ccc(C)nc4)c(C)c3)ncnc2cc1C. The highest BCUT2D eigenvalue weighted by molar-refractivity contribution is 5.89. The van der Waals surface area contributed by atoms with Crippen LogP contribution in [-0.2, 0) is 0 Å². The minimum Gasteiger partial charge on any atom is -0.455 e. The predicted octanol–water partition coefficient (Wildman–Crippen LogP) is 7.92. The lowest BCUT2D eigenvalue weighted by atomic mass is 10.1. The second-order valence-corrected chi connectivity index (χ2v) is 10.2. The average molecular weight is 513 g/mol. The molecule has 3 aromatic heterocycles. The molecule has 0 saturated carbocycles. The Morgan fingerprint density at radius 2 is 1.79 bits per heavy atom. The maximum absolute atomic E-state index is 6.04. The van der Waals surface area contributed by atoms with Crippen LogP contribution in [0, 0.1) is 26.7 Å². The lowest BCUT2D eigenvalue weighted by Gasteiger charge is -2.28. The first-order valence-electron chi connectivity index (χ1n) is 13.7. The summed E-state index contributed by atoms with van der Waals surface area (Å²) in [5.41, 5.74) is 5.64. The van der Waals surface area contributed by atoms with E-state index in [9.17, 15) is 0 Å². The van der Waals surface area contributed by atoms with Gasteiger partial charge in [0.1, 0.15) is 29.2 Å². The van der Waals surface area contributed by atoms with Crippen LogP contribution in [0.3, 0.4) is 0 Å². The van der Waals surface area contributed by atoms with Crippen molar-refractivity contribution in [2.75, 3.05) is 23.3 Å². The molecule has 7 heteroatoms. The van der Waals surface area contributed by atoms with Crippen molar-refractivity contribution in [3.8, 4) is 11.5 Å². The van der Waals surface area contributed by atoms with Crippen molar-refractivity contribution in [3.63, 3.8) is 0 Å². The summed E-state index contributed by atoms with van der Waals surface area (Å²) in [5, 5.41) is 3.48. The first kappa shape index (κ1) is 27.3. The Morgan fingerprint density at radius 3 is 2.50 bits per heavy atom. The lowest BCUT2D eigenvalue weighted by Crippen LogP contribution is -2.31. The molecule has 200 valence electrons. The highest BCUT2D eigenvalue weighted by Crippen LogP contribution is 2.31. The van der Waals surface area contributed by atoms with Gasteiger partial charge in [-0.2, -0.15) is 0 Å². The predicted molar refractivity (Wildman–Crippen MR) is 157 cm³/mol. The second kappa shape index (κ2) is 12.7. The van der Waals surface area contributed by atoms with Gasteiger partial charge in [-0.05, 0) is 80.6 Å². The summed E-state index contributed by atoms with van der Waals surface area (Å²) >= 11 is 0. The molecule has 1 atom stereocenters. The van der Waals surface area contributed by atoms with Gasteiger partial charge >= 0.3 is 0 Å². The Balaban J connectivity index is 1.62. The zero-order valence-electron chi connectivity index (χ0n) is 23.6. The maximum Gasteiger partial charge on any atom is 0.160 e. The summed E-state index contributed by atoms with van der Waals surface area (Å²) < 4.78 is 6.04. The Morgan fingerprint density at radius 1 is 0.947 bits per heavy atom. The molecule has 0 amide bonds.